The molecule has 0 aliphatic carbocycles. The van der Waals surface area contributed by atoms with Gasteiger partial charge in [0.05, 0.1) is 26.9 Å². The van der Waals surface area contributed by atoms with Gasteiger partial charge in [-0.25, -0.2) is 0 Å². The summed E-state index contributed by atoms with van der Waals surface area (Å²) in [6, 6.07) is 16.9. The van der Waals surface area contributed by atoms with Gasteiger partial charge in [0.25, 0.3) is 0 Å². The average molecular weight is 397 g/mol. The molecule has 0 amide bonds. The van der Waals surface area contributed by atoms with Crippen molar-refractivity contribution >= 4 is 0 Å². The van der Waals surface area contributed by atoms with E-state index < -0.39 is 24.5 Å². The molecular formula is C21H23N3O5. The lowest BCUT2D eigenvalue weighted by molar-refractivity contribution is -0.211. The minimum Gasteiger partial charge on any atom is -0.497 e. The van der Waals surface area contributed by atoms with Gasteiger partial charge in [-0.1, -0.05) is 47.6 Å². The number of methoxy groups -OCH3 is 1. The molecule has 8 heteroatoms. The van der Waals surface area contributed by atoms with Crippen LogP contribution in [-0.2, 0) is 32.2 Å². The Labute approximate surface area is 168 Å². The van der Waals surface area contributed by atoms with Gasteiger partial charge < -0.3 is 23.7 Å². The minimum atomic E-state index is -0.622. The van der Waals surface area contributed by atoms with E-state index in [9.17, 15) is 0 Å². The van der Waals surface area contributed by atoms with Crippen molar-refractivity contribution in [2.24, 2.45) is 5.11 Å². The van der Waals surface area contributed by atoms with Crippen LogP contribution in [0.4, 0.5) is 0 Å². The van der Waals surface area contributed by atoms with Gasteiger partial charge in [0, 0.05) is 4.91 Å². The largest absolute Gasteiger partial charge is 0.497 e. The van der Waals surface area contributed by atoms with E-state index in [4.69, 9.17) is 29.2 Å². The fourth-order valence-electron chi connectivity index (χ4n) is 3.61. The molecule has 0 spiro atoms. The summed E-state index contributed by atoms with van der Waals surface area (Å²) in [7, 11) is 1.63. The fraction of sp³-hybridized carbons (Fsp3) is 0.429. The Hall–Kier alpha value is -2.61. The highest BCUT2D eigenvalue weighted by atomic mass is 16.7. The van der Waals surface area contributed by atoms with Crippen molar-refractivity contribution in [2.75, 3.05) is 13.7 Å². The molecule has 29 heavy (non-hydrogen) atoms. The van der Waals surface area contributed by atoms with Crippen LogP contribution in [0.3, 0.4) is 0 Å². The minimum absolute atomic E-state index is 0.274. The van der Waals surface area contributed by atoms with E-state index in [2.05, 4.69) is 10.0 Å². The van der Waals surface area contributed by atoms with Crippen LogP contribution in [0, 0.1) is 0 Å². The van der Waals surface area contributed by atoms with Crippen molar-refractivity contribution in [3.63, 3.8) is 0 Å². The van der Waals surface area contributed by atoms with Crippen LogP contribution < -0.4 is 4.74 Å². The molecule has 8 nitrogen and oxygen atoms in total. The van der Waals surface area contributed by atoms with Crippen LogP contribution >= 0.6 is 0 Å². The SMILES string of the molecule is COc1ccc(CO[C@H]2C(OCc3ccccc3)[C@@H](N=[N+]=[N-])[C@H]3OC[C@@H]2O3)cc1. The van der Waals surface area contributed by atoms with Gasteiger partial charge in [-0.2, -0.15) is 0 Å². The second kappa shape index (κ2) is 9.26. The third-order valence-corrected chi connectivity index (χ3v) is 5.11. The van der Waals surface area contributed by atoms with Gasteiger partial charge >= 0.3 is 0 Å². The lowest BCUT2D eigenvalue weighted by atomic mass is 9.98. The summed E-state index contributed by atoms with van der Waals surface area (Å²) in [5.41, 5.74) is 11.1. The standard InChI is InChI=1S/C21H23N3O5/c1-25-16-9-7-15(8-10-16)12-26-19-17-13-28-21(29-17)18(23-24-22)20(19)27-11-14-5-3-2-4-6-14/h2-10,17-21H,11-13H2,1H3/t17-,18+,19+,20?,21-/m0/s1. The lowest BCUT2D eigenvalue weighted by Crippen LogP contribution is -2.55. The first-order valence-electron chi connectivity index (χ1n) is 9.50. The topological polar surface area (TPSA) is 94.9 Å². The lowest BCUT2D eigenvalue weighted by Gasteiger charge is -2.38. The second-order valence-corrected chi connectivity index (χ2v) is 6.96. The van der Waals surface area contributed by atoms with Gasteiger partial charge in [0.15, 0.2) is 6.29 Å². The molecule has 2 aromatic carbocycles. The maximum absolute atomic E-state index is 9.03. The fourth-order valence-corrected chi connectivity index (χ4v) is 3.61. The number of benzene rings is 2. The Bertz CT molecular complexity index is 841. The number of nitrogens with zero attached hydrogens (tertiary/aromatic N) is 3. The molecule has 0 radical (unpaired) electrons. The summed E-state index contributed by atoms with van der Waals surface area (Å²) in [6.07, 6.45) is -1.78. The Morgan fingerprint density at radius 2 is 1.69 bits per heavy atom. The summed E-state index contributed by atoms with van der Waals surface area (Å²) in [5, 5.41) is 3.89. The van der Waals surface area contributed by atoms with Crippen molar-refractivity contribution < 1.29 is 23.7 Å². The molecule has 0 aromatic heterocycles. The predicted molar refractivity (Wildman–Crippen MR) is 104 cm³/mol. The third kappa shape index (κ3) is 4.53. The molecule has 2 saturated heterocycles. The highest BCUT2D eigenvalue weighted by Crippen LogP contribution is 2.34. The van der Waals surface area contributed by atoms with E-state index >= 15 is 0 Å². The Kier molecular flexibility index (Phi) is 6.29. The van der Waals surface area contributed by atoms with Crippen LogP contribution in [0.25, 0.3) is 10.4 Å². The van der Waals surface area contributed by atoms with Crippen LogP contribution in [-0.4, -0.2) is 44.4 Å². The normalized spacial score (nSPS) is 28.0. The third-order valence-electron chi connectivity index (χ3n) is 5.11. The average Bonchev–Trinajstić information content (AvgIpc) is 3.20. The van der Waals surface area contributed by atoms with Crippen molar-refractivity contribution in [1.82, 2.24) is 0 Å². The van der Waals surface area contributed by atoms with E-state index in [-0.39, 0.29) is 6.10 Å². The van der Waals surface area contributed by atoms with Gasteiger partial charge in [0.2, 0.25) is 0 Å². The summed E-state index contributed by atoms with van der Waals surface area (Å²) in [5.74, 6) is 0.786. The van der Waals surface area contributed by atoms with E-state index in [1.165, 1.54) is 0 Å². The van der Waals surface area contributed by atoms with Crippen molar-refractivity contribution in [1.29, 1.82) is 0 Å². The number of hydrogen-bond donors (Lipinski definition) is 0. The summed E-state index contributed by atoms with van der Waals surface area (Å²) in [6.45, 7) is 1.12. The molecule has 4 rings (SSSR count). The predicted octanol–water partition coefficient (Wildman–Crippen LogP) is 3.60. The first-order chi connectivity index (χ1) is 14.3. The molecule has 2 aliphatic rings. The molecule has 2 aromatic rings. The maximum atomic E-state index is 9.03. The first kappa shape index (κ1) is 19.7. The molecule has 2 bridgehead atoms. The maximum Gasteiger partial charge on any atom is 0.169 e. The van der Waals surface area contributed by atoms with Crippen LogP contribution in [0.2, 0.25) is 0 Å². The number of ether oxygens (including phenoxy) is 5. The smallest absolute Gasteiger partial charge is 0.169 e. The van der Waals surface area contributed by atoms with Crippen LogP contribution in [0.1, 0.15) is 11.1 Å². The number of hydrogen-bond acceptors (Lipinski definition) is 6. The highest BCUT2D eigenvalue weighted by molar-refractivity contribution is 5.26. The van der Waals surface area contributed by atoms with Gasteiger partial charge in [-0.15, -0.1) is 0 Å². The highest BCUT2D eigenvalue weighted by Gasteiger charge is 2.51. The molecule has 2 fully saturated rings. The molecule has 1 unspecified atom stereocenters. The van der Waals surface area contributed by atoms with E-state index in [1.54, 1.807) is 7.11 Å². The molecular weight excluding hydrogens is 374 g/mol. The van der Waals surface area contributed by atoms with Crippen LogP contribution in [0.5, 0.6) is 5.75 Å². The first-order valence-corrected chi connectivity index (χ1v) is 9.50. The van der Waals surface area contributed by atoms with Crippen LogP contribution in [0.15, 0.2) is 59.7 Å². The second-order valence-electron chi connectivity index (χ2n) is 6.96. The van der Waals surface area contributed by atoms with E-state index in [0.717, 1.165) is 16.9 Å². The van der Waals surface area contributed by atoms with E-state index in [1.807, 2.05) is 54.6 Å². The zero-order chi connectivity index (χ0) is 20.1. The zero-order valence-corrected chi connectivity index (χ0v) is 16.1. The number of rotatable bonds is 8. The van der Waals surface area contributed by atoms with E-state index in [0.29, 0.717) is 19.8 Å². The summed E-state index contributed by atoms with van der Waals surface area (Å²) < 4.78 is 29.1. The molecule has 0 N–H and O–H groups in total. The van der Waals surface area contributed by atoms with Gasteiger partial charge in [0.1, 0.15) is 30.1 Å². The van der Waals surface area contributed by atoms with Crippen molar-refractivity contribution in [2.45, 2.75) is 43.9 Å². The summed E-state index contributed by atoms with van der Waals surface area (Å²) >= 11 is 0. The number of fused-ring (bicyclic) bond motifs is 2. The molecule has 2 aliphatic heterocycles. The Morgan fingerprint density at radius 3 is 2.38 bits per heavy atom. The van der Waals surface area contributed by atoms with Gasteiger partial charge in [-0.3, -0.25) is 0 Å². The van der Waals surface area contributed by atoms with Crippen molar-refractivity contribution in [3.05, 3.63) is 76.2 Å². The summed E-state index contributed by atoms with van der Waals surface area (Å²) in [4.78, 5) is 2.97. The Morgan fingerprint density at radius 1 is 1.00 bits per heavy atom. The Balaban J connectivity index is 1.49. The van der Waals surface area contributed by atoms with Crippen molar-refractivity contribution in [3.8, 4) is 5.75 Å². The monoisotopic (exact) mass is 397 g/mol. The number of azide groups is 1. The van der Waals surface area contributed by atoms with Gasteiger partial charge in [-0.05, 0) is 28.8 Å². The molecule has 5 atom stereocenters. The quantitative estimate of drug-likeness (QED) is 0.385. The molecule has 2 heterocycles. The zero-order valence-electron chi connectivity index (χ0n) is 16.1. The molecule has 0 saturated carbocycles. The molecule has 152 valence electrons.